The predicted molar refractivity (Wildman–Crippen MR) is 474 cm³/mol. The Bertz CT molecular complexity index is 4120. The zero-order chi connectivity index (χ0) is 80.8. The van der Waals surface area contributed by atoms with Crippen LogP contribution in [-0.4, -0.2) is 132 Å². The van der Waals surface area contributed by atoms with Gasteiger partial charge in [-0.1, -0.05) is 237 Å². The van der Waals surface area contributed by atoms with Crippen molar-refractivity contribution in [2.75, 3.05) is 112 Å². The minimum atomic E-state index is -0.0245. The number of methoxy groups -OCH3 is 4. The van der Waals surface area contributed by atoms with Crippen LogP contribution in [0.25, 0.3) is 0 Å². The summed E-state index contributed by atoms with van der Waals surface area (Å²) in [6.45, 7) is 49.1. The van der Waals surface area contributed by atoms with Gasteiger partial charge in [0.05, 0.1) is 0 Å². The van der Waals surface area contributed by atoms with Crippen LogP contribution in [0.1, 0.15) is 172 Å². The van der Waals surface area contributed by atoms with E-state index in [9.17, 15) is 0 Å². The molecule has 0 aliphatic heterocycles. The van der Waals surface area contributed by atoms with Crippen LogP contribution in [0, 0.1) is 55.4 Å². The molecule has 4 atom stereocenters. The molecule has 0 saturated carbocycles. The maximum absolute atomic E-state index is 6.20. The smallest absolute Gasteiger partial charge is 0.188 e. The van der Waals surface area contributed by atoms with Crippen LogP contribution < -0.4 is 61.4 Å². The summed E-state index contributed by atoms with van der Waals surface area (Å²) in [6, 6.07) is 45.3. The van der Waals surface area contributed by atoms with Gasteiger partial charge in [0.1, 0.15) is 23.0 Å². The first-order chi connectivity index (χ1) is 50.4. The van der Waals surface area contributed by atoms with Crippen molar-refractivity contribution in [3.05, 3.63) is 210 Å². The number of rotatable bonds is 28. The summed E-state index contributed by atoms with van der Waals surface area (Å²) in [5.74, 6) is 3.87. The molecule has 0 bridgehead atoms. The van der Waals surface area contributed by atoms with Gasteiger partial charge in [-0.2, -0.15) is 0 Å². The molecule has 0 N–H and O–H groups in total. The molecule has 0 heterocycles. The molecule has 0 saturated heterocycles. The van der Waals surface area contributed by atoms with Gasteiger partial charge < -0.3 is 57.5 Å². The lowest BCUT2D eigenvalue weighted by molar-refractivity contribution is 0.0504. The van der Waals surface area contributed by atoms with Gasteiger partial charge in [-0.05, 0) is 235 Å². The van der Waals surface area contributed by atoms with E-state index in [0.717, 1.165) is 54.7 Å². The summed E-state index contributed by atoms with van der Waals surface area (Å²) in [6.07, 6.45) is 0. The summed E-state index contributed by atoms with van der Waals surface area (Å²) in [4.78, 5) is 8.90. The quantitative estimate of drug-likeness (QED) is 0.0346. The highest BCUT2D eigenvalue weighted by Crippen LogP contribution is 2.40. The Labute approximate surface area is 662 Å². The fourth-order valence-electron chi connectivity index (χ4n) is 12.5. The molecule has 8 rings (SSSR count). The number of aryl methyl sites for hydroxylation is 8. The molecule has 592 valence electrons. The summed E-state index contributed by atoms with van der Waals surface area (Å²) in [7, 11) is 25.8. The lowest BCUT2D eigenvalue weighted by atomic mass is 9.80. The number of benzene rings is 8. The Balaban J connectivity index is 0.000000259. The lowest BCUT2D eigenvalue weighted by Crippen LogP contribution is -2.24. The minimum Gasteiger partial charge on any atom is -0.467 e. The molecule has 4 unspecified atom stereocenters. The molecule has 8 aromatic rings. The Kier molecular flexibility index (Phi) is 36.9. The van der Waals surface area contributed by atoms with Crippen molar-refractivity contribution in [1.29, 1.82) is 0 Å². The number of nitrogens with zero attached hydrogens (tertiary/aromatic N) is 4. The maximum atomic E-state index is 6.20. The molecule has 16 heteroatoms. The maximum Gasteiger partial charge on any atom is 0.188 e. The summed E-state index contributed by atoms with van der Waals surface area (Å²) < 4.78 is 44.9. The standard InChI is InChI=1S/C26H40NO2P.2C23H34NO2P.C20H28NO2P/c1-18-11-12-22(19(13-18)16-27(8)9)30-23-15-20(25(2,3)4)14-21(26(5,6)7)24(23)29-17-28-10;1-16-9-10-20(18(11-16)14-24(6)7)27-21-13-19(23(3,4)5)12-17(2)22(21)26-15-25-8;1-16-9-10-20(18(11-16)14-24(6)7)27-21-13-17(2)12-19(23(3,4)5)22(21)26-15-25-8;1-14-7-8-18(17(10-14)12-21(4)5)24-19-11-15(2)9-16(3)20(19)23-13-22-6/h11-15,30H,16-17H2,1-10H3;2*9-13,27H,14-15H2,1-8H3;7-11,24H,12-13H2,1-6H3. The fourth-order valence-corrected chi connectivity index (χ4v) is 18.0. The van der Waals surface area contributed by atoms with E-state index in [1.165, 1.54) is 126 Å². The van der Waals surface area contributed by atoms with E-state index in [1.54, 1.807) is 28.4 Å². The third kappa shape index (κ3) is 29.8. The van der Waals surface area contributed by atoms with Gasteiger partial charge >= 0.3 is 0 Å². The Morgan fingerprint density at radius 1 is 0.259 bits per heavy atom. The third-order valence-corrected chi connectivity index (χ3v) is 23.3. The first-order valence-electron chi connectivity index (χ1n) is 37.6. The van der Waals surface area contributed by atoms with Gasteiger partial charge in [-0.3, -0.25) is 0 Å². The van der Waals surface area contributed by atoms with Crippen molar-refractivity contribution in [3.8, 4) is 23.0 Å². The highest BCUT2D eigenvalue weighted by Gasteiger charge is 2.28. The van der Waals surface area contributed by atoms with E-state index in [2.05, 4.69) is 336 Å². The van der Waals surface area contributed by atoms with Gasteiger partial charge in [0.2, 0.25) is 0 Å². The first kappa shape index (κ1) is 93.0. The molecular formula is C92H136N4O8P4. The predicted octanol–water partition coefficient (Wildman–Crippen LogP) is 17.1. The lowest BCUT2D eigenvalue weighted by Gasteiger charge is -2.29. The normalized spacial score (nSPS) is 12.3. The summed E-state index contributed by atoms with van der Waals surface area (Å²) in [5.41, 5.74) is 20.9. The van der Waals surface area contributed by atoms with Crippen molar-refractivity contribution in [1.82, 2.24) is 19.6 Å². The molecule has 0 fully saturated rings. The van der Waals surface area contributed by atoms with Crippen molar-refractivity contribution in [3.63, 3.8) is 0 Å². The van der Waals surface area contributed by atoms with E-state index in [-0.39, 0.29) is 48.8 Å². The van der Waals surface area contributed by atoms with E-state index < -0.39 is 0 Å². The average Bonchev–Trinajstić information content (AvgIpc) is 0.788. The van der Waals surface area contributed by atoms with Crippen LogP contribution in [0.5, 0.6) is 23.0 Å². The largest absolute Gasteiger partial charge is 0.467 e. The molecule has 0 radical (unpaired) electrons. The second-order valence-electron chi connectivity index (χ2n) is 34.0. The highest BCUT2D eigenvalue weighted by atomic mass is 31.1. The van der Waals surface area contributed by atoms with Crippen LogP contribution in [0.2, 0.25) is 0 Å². The zero-order valence-corrected chi connectivity index (χ0v) is 76.3. The number of ether oxygens (including phenoxy) is 8. The molecule has 0 aliphatic rings. The van der Waals surface area contributed by atoms with Crippen molar-refractivity contribution in [2.45, 2.75) is 186 Å². The topological polar surface area (TPSA) is 86.8 Å². The second kappa shape index (κ2) is 42.8. The molecule has 0 spiro atoms. The summed E-state index contributed by atoms with van der Waals surface area (Å²) >= 11 is 0. The Morgan fingerprint density at radius 2 is 0.509 bits per heavy atom. The van der Waals surface area contributed by atoms with Crippen LogP contribution in [-0.2, 0) is 66.8 Å². The molecule has 12 nitrogen and oxygen atoms in total. The minimum absolute atomic E-state index is 0.00800. The molecular weight excluding hydrogens is 1410 g/mol. The van der Waals surface area contributed by atoms with E-state index in [0.29, 0.717) is 34.3 Å². The molecule has 0 aromatic heterocycles. The number of hydrogen-bond donors (Lipinski definition) is 0. The van der Waals surface area contributed by atoms with Crippen molar-refractivity contribution < 1.29 is 37.9 Å². The highest BCUT2D eigenvalue weighted by molar-refractivity contribution is 7.57. The van der Waals surface area contributed by atoms with Gasteiger partial charge in [0, 0.05) is 87.0 Å². The fraction of sp³-hybridized carbons (Fsp3) is 0.478. The molecule has 108 heavy (non-hydrogen) atoms. The molecule has 0 aliphatic carbocycles. The van der Waals surface area contributed by atoms with Crippen molar-refractivity contribution >= 4 is 76.8 Å². The number of hydrogen-bond acceptors (Lipinski definition) is 12. The van der Waals surface area contributed by atoms with Crippen LogP contribution >= 0.6 is 34.3 Å². The van der Waals surface area contributed by atoms with Gasteiger partial charge in [0.15, 0.2) is 27.2 Å². The van der Waals surface area contributed by atoms with Gasteiger partial charge in [-0.15, -0.1) is 0 Å². The van der Waals surface area contributed by atoms with Crippen molar-refractivity contribution in [2.24, 2.45) is 0 Å². The van der Waals surface area contributed by atoms with E-state index in [1.807, 2.05) is 0 Å². The van der Waals surface area contributed by atoms with Crippen LogP contribution in [0.3, 0.4) is 0 Å². The van der Waals surface area contributed by atoms with Gasteiger partial charge in [-0.25, -0.2) is 0 Å². The van der Waals surface area contributed by atoms with E-state index >= 15 is 0 Å². The zero-order valence-electron chi connectivity index (χ0n) is 72.3. The Morgan fingerprint density at radius 3 is 0.796 bits per heavy atom. The average molecular weight is 1550 g/mol. The third-order valence-electron chi connectivity index (χ3n) is 17.7. The summed E-state index contributed by atoms with van der Waals surface area (Å²) in [5, 5.41) is 10.5. The van der Waals surface area contributed by atoms with E-state index in [4.69, 9.17) is 37.9 Å². The first-order valence-corrected chi connectivity index (χ1v) is 41.6. The molecule has 8 aromatic carbocycles. The van der Waals surface area contributed by atoms with Gasteiger partial charge in [0.25, 0.3) is 0 Å². The van der Waals surface area contributed by atoms with Crippen LogP contribution in [0.4, 0.5) is 0 Å². The second-order valence-corrected chi connectivity index (χ2v) is 39.3. The van der Waals surface area contributed by atoms with Crippen LogP contribution in [0.15, 0.2) is 121 Å². The SMILES string of the molecule is COCOc1c(C)cc(C(C)(C)C)cc1Pc1ccc(C)cc1CN(C)C.COCOc1c(C)cc(C)cc1Pc1ccc(C)cc1CN(C)C.COCOc1c(Pc2ccc(C)cc2CN(C)C)cc(C(C)(C)C)cc1C(C)(C)C.COCOc1c(Pc2ccc(C)cc2CN(C)C)cc(C)cc1C(C)(C)C. The monoisotopic (exact) mass is 1550 g/mol. The molecule has 0 amide bonds. The Hall–Kier alpha value is -5.64.